The third-order valence-electron chi connectivity index (χ3n) is 1.62. The first kappa shape index (κ1) is 11.6. The smallest absolute Gasteiger partial charge is 0.0548 e. The molecular formula is C8H17IO2. The van der Waals surface area contributed by atoms with Gasteiger partial charge in [0.15, 0.2) is 0 Å². The molecule has 3 heteroatoms. The normalized spacial score (nSPS) is 13.4. The van der Waals surface area contributed by atoms with E-state index in [9.17, 15) is 0 Å². The zero-order valence-corrected chi connectivity index (χ0v) is 8.96. The third kappa shape index (κ3) is 8.56. The van der Waals surface area contributed by atoms with Crippen LogP contribution in [0.2, 0.25) is 0 Å². The van der Waals surface area contributed by atoms with Gasteiger partial charge in [-0.2, -0.15) is 0 Å². The van der Waals surface area contributed by atoms with E-state index in [-0.39, 0.29) is 0 Å². The molecule has 11 heavy (non-hydrogen) atoms. The topological polar surface area (TPSA) is 40.5 Å². The Bertz CT molecular complexity index is 78.5. The fourth-order valence-corrected chi connectivity index (χ4v) is 1.36. The van der Waals surface area contributed by atoms with Crippen molar-refractivity contribution in [1.82, 2.24) is 0 Å². The van der Waals surface area contributed by atoms with Crippen molar-refractivity contribution in [2.75, 3.05) is 13.2 Å². The Hall–Kier alpha value is 0.650. The average molecular weight is 272 g/mol. The lowest BCUT2D eigenvalue weighted by atomic mass is 10.1. The van der Waals surface area contributed by atoms with Crippen molar-refractivity contribution in [3.63, 3.8) is 0 Å². The first-order valence-electron chi connectivity index (χ1n) is 4.17. The fourth-order valence-electron chi connectivity index (χ4n) is 0.922. The number of halogens is 1. The van der Waals surface area contributed by atoms with Crippen molar-refractivity contribution >= 4 is 22.6 Å². The van der Waals surface area contributed by atoms with Crippen LogP contribution in [0.1, 0.15) is 32.1 Å². The number of rotatable bonds is 7. The standard InChI is InChI=1S/C8H17IO2/c9-8(7-11)5-3-1-2-4-6-10/h8,10-11H,1-7H2. The summed E-state index contributed by atoms with van der Waals surface area (Å²) in [6, 6.07) is 0. The monoisotopic (exact) mass is 272 g/mol. The van der Waals surface area contributed by atoms with E-state index in [1.165, 1.54) is 12.8 Å². The molecule has 0 bridgehead atoms. The molecule has 0 saturated carbocycles. The number of hydrogen-bond acceptors (Lipinski definition) is 2. The van der Waals surface area contributed by atoms with Crippen molar-refractivity contribution in [2.45, 2.75) is 36.0 Å². The average Bonchev–Trinajstić information content (AvgIpc) is 2.04. The molecule has 0 saturated heterocycles. The lowest BCUT2D eigenvalue weighted by Crippen LogP contribution is -2.02. The second-order valence-corrected chi connectivity index (χ2v) is 4.47. The molecule has 0 heterocycles. The molecule has 0 aliphatic rings. The van der Waals surface area contributed by atoms with Crippen molar-refractivity contribution < 1.29 is 10.2 Å². The minimum Gasteiger partial charge on any atom is -0.396 e. The Morgan fingerprint density at radius 3 is 2.18 bits per heavy atom. The van der Waals surface area contributed by atoms with Gasteiger partial charge in [-0.3, -0.25) is 0 Å². The van der Waals surface area contributed by atoms with E-state index >= 15 is 0 Å². The molecule has 0 aliphatic carbocycles. The Balaban J connectivity index is 2.89. The van der Waals surface area contributed by atoms with Gasteiger partial charge in [0, 0.05) is 10.5 Å². The molecular weight excluding hydrogens is 255 g/mol. The van der Waals surface area contributed by atoms with Gasteiger partial charge >= 0.3 is 0 Å². The van der Waals surface area contributed by atoms with Crippen molar-refractivity contribution in [3.8, 4) is 0 Å². The summed E-state index contributed by atoms with van der Waals surface area (Å²) in [5.74, 6) is 0. The molecule has 0 rings (SSSR count). The van der Waals surface area contributed by atoms with Crippen molar-refractivity contribution in [1.29, 1.82) is 0 Å². The van der Waals surface area contributed by atoms with Crippen LogP contribution in [-0.2, 0) is 0 Å². The maximum atomic E-state index is 8.69. The fraction of sp³-hybridized carbons (Fsp3) is 1.00. The molecule has 0 aromatic carbocycles. The predicted octanol–water partition coefficient (Wildman–Crippen LogP) is 1.73. The SMILES string of the molecule is OCCCCCCC(I)CO. The van der Waals surface area contributed by atoms with Gasteiger partial charge < -0.3 is 10.2 Å². The van der Waals surface area contributed by atoms with Crippen LogP contribution in [0, 0.1) is 0 Å². The van der Waals surface area contributed by atoms with Gasteiger partial charge in [-0.25, -0.2) is 0 Å². The second kappa shape index (κ2) is 8.74. The molecule has 0 aromatic heterocycles. The number of aliphatic hydroxyl groups excluding tert-OH is 2. The van der Waals surface area contributed by atoms with Crippen LogP contribution in [-0.4, -0.2) is 27.4 Å². The van der Waals surface area contributed by atoms with Gasteiger partial charge in [-0.1, -0.05) is 41.9 Å². The summed E-state index contributed by atoms with van der Waals surface area (Å²) in [5, 5.41) is 17.2. The molecule has 68 valence electrons. The summed E-state index contributed by atoms with van der Waals surface area (Å²) in [6.07, 6.45) is 5.49. The van der Waals surface area contributed by atoms with E-state index in [0.29, 0.717) is 17.1 Å². The van der Waals surface area contributed by atoms with E-state index in [1.54, 1.807) is 0 Å². The van der Waals surface area contributed by atoms with Crippen molar-refractivity contribution in [2.24, 2.45) is 0 Å². The quantitative estimate of drug-likeness (QED) is 0.421. The molecule has 0 spiro atoms. The Kier molecular flexibility index (Phi) is 9.26. The summed E-state index contributed by atoms with van der Waals surface area (Å²) >= 11 is 2.27. The lowest BCUT2D eigenvalue weighted by Gasteiger charge is -2.04. The van der Waals surface area contributed by atoms with Crippen LogP contribution in [0.15, 0.2) is 0 Å². The van der Waals surface area contributed by atoms with Crippen LogP contribution >= 0.6 is 22.6 Å². The Morgan fingerprint density at radius 2 is 1.64 bits per heavy atom. The first-order valence-corrected chi connectivity index (χ1v) is 5.41. The van der Waals surface area contributed by atoms with E-state index in [1.807, 2.05) is 0 Å². The van der Waals surface area contributed by atoms with E-state index in [2.05, 4.69) is 22.6 Å². The van der Waals surface area contributed by atoms with Crippen LogP contribution in [0.5, 0.6) is 0 Å². The zero-order chi connectivity index (χ0) is 8.53. The van der Waals surface area contributed by atoms with Gasteiger partial charge in [-0.05, 0) is 12.8 Å². The number of hydrogen-bond donors (Lipinski definition) is 2. The first-order chi connectivity index (χ1) is 5.31. The molecule has 2 nitrogen and oxygen atoms in total. The highest BCUT2D eigenvalue weighted by atomic mass is 127. The summed E-state index contributed by atoms with van der Waals surface area (Å²) < 4.78 is 0.418. The van der Waals surface area contributed by atoms with E-state index in [4.69, 9.17) is 10.2 Å². The molecule has 2 N–H and O–H groups in total. The number of alkyl halides is 1. The minimum absolute atomic E-state index is 0.292. The highest BCUT2D eigenvalue weighted by Gasteiger charge is 1.99. The maximum absolute atomic E-state index is 8.69. The molecule has 0 amide bonds. The van der Waals surface area contributed by atoms with Crippen LogP contribution < -0.4 is 0 Å². The Morgan fingerprint density at radius 1 is 1.00 bits per heavy atom. The molecule has 1 atom stereocenters. The van der Waals surface area contributed by atoms with Gasteiger partial charge in [0.2, 0.25) is 0 Å². The lowest BCUT2D eigenvalue weighted by molar-refractivity contribution is 0.279. The van der Waals surface area contributed by atoms with Crippen LogP contribution in [0.4, 0.5) is 0 Å². The van der Waals surface area contributed by atoms with Crippen LogP contribution in [0.25, 0.3) is 0 Å². The van der Waals surface area contributed by atoms with Gasteiger partial charge in [0.1, 0.15) is 0 Å². The van der Waals surface area contributed by atoms with Gasteiger partial charge in [0.05, 0.1) is 6.61 Å². The summed E-state index contributed by atoms with van der Waals surface area (Å²) in [4.78, 5) is 0. The number of unbranched alkanes of at least 4 members (excludes halogenated alkanes) is 3. The maximum Gasteiger partial charge on any atom is 0.0548 e. The summed E-state index contributed by atoms with van der Waals surface area (Å²) in [7, 11) is 0. The zero-order valence-electron chi connectivity index (χ0n) is 6.80. The Labute approximate surface area is 82.1 Å². The highest BCUT2D eigenvalue weighted by Crippen LogP contribution is 2.11. The van der Waals surface area contributed by atoms with Crippen molar-refractivity contribution in [3.05, 3.63) is 0 Å². The minimum atomic E-state index is 0.292. The van der Waals surface area contributed by atoms with Gasteiger partial charge in [-0.15, -0.1) is 0 Å². The molecule has 0 fully saturated rings. The van der Waals surface area contributed by atoms with E-state index in [0.717, 1.165) is 19.3 Å². The van der Waals surface area contributed by atoms with E-state index < -0.39 is 0 Å². The summed E-state index contributed by atoms with van der Waals surface area (Å²) in [6.45, 7) is 0.605. The largest absolute Gasteiger partial charge is 0.396 e. The molecule has 0 aliphatic heterocycles. The van der Waals surface area contributed by atoms with Gasteiger partial charge in [0.25, 0.3) is 0 Å². The highest BCUT2D eigenvalue weighted by molar-refractivity contribution is 14.1. The van der Waals surface area contributed by atoms with Crippen LogP contribution in [0.3, 0.4) is 0 Å². The predicted molar refractivity (Wildman–Crippen MR) is 55.1 cm³/mol. The third-order valence-corrected chi connectivity index (χ3v) is 2.64. The second-order valence-electron chi connectivity index (χ2n) is 2.71. The summed E-state index contributed by atoms with van der Waals surface area (Å²) in [5.41, 5.74) is 0. The number of aliphatic hydroxyl groups is 2. The molecule has 1 unspecified atom stereocenters. The molecule has 0 radical (unpaired) electrons. The molecule has 0 aromatic rings.